The molecule has 100 valence electrons. The number of ether oxygens (including phenoxy) is 1. The van der Waals surface area contributed by atoms with E-state index in [0.29, 0.717) is 18.2 Å². The fourth-order valence-corrected chi connectivity index (χ4v) is 3.76. The van der Waals surface area contributed by atoms with Crippen LogP contribution in [0.25, 0.3) is 0 Å². The molecule has 2 rings (SSSR count). The van der Waals surface area contributed by atoms with Crippen LogP contribution < -0.4 is 5.32 Å². The van der Waals surface area contributed by atoms with Gasteiger partial charge in [0.2, 0.25) is 0 Å². The molecule has 1 fully saturated rings. The maximum Gasteiger partial charge on any atom is 0.0604 e. The monoisotopic (exact) mass is 375 g/mol. The fraction of sp³-hybridized carbons (Fsp3) is 0.571. The summed E-state index contributed by atoms with van der Waals surface area (Å²) in [6.07, 6.45) is 2.73. The summed E-state index contributed by atoms with van der Waals surface area (Å²) in [6, 6.07) is 7.29. The zero-order valence-corrected chi connectivity index (χ0v) is 13.9. The zero-order valence-electron chi connectivity index (χ0n) is 10.7. The summed E-state index contributed by atoms with van der Waals surface area (Å²) in [4.78, 5) is 0. The SMILES string of the molecule is CCOC1CC(NC(C)c2ccc(Br)cc2Br)C1. The van der Waals surface area contributed by atoms with E-state index in [4.69, 9.17) is 4.74 Å². The predicted octanol–water partition coefficient (Wildman–Crippen LogP) is 4.43. The number of nitrogens with one attached hydrogen (secondary N) is 1. The quantitative estimate of drug-likeness (QED) is 0.820. The van der Waals surface area contributed by atoms with Crippen LogP contribution in [0.15, 0.2) is 27.1 Å². The van der Waals surface area contributed by atoms with Crippen molar-refractivity contribution in [2.24, 2.45) is 0 Å². The Kier molecular flexibility index (Phi) is 5.24. The number of rotatable bonds is 5. The highest BCUT2D eigenvalue weighted by molar-refractivity contribution is 9.11. The predicted molar refractivity (Wildman–Crippen MR) is 81.8 cm³/mol. The highest BCUT2D eigenvalue weighted by Gasteiger charge is 2.30. The summed E-state index contributed by atoms with van der Waals surface area (Å²) in [6.45, 7) is 5.09. The Morgan fingerprint density at radius 2 is 2.11 bits per heavy atom. The molecule has 1 atom stereocenters. The first-order valence-corrected chi connectivity index (χ1v) is 8.01. The van der Waals surface area contributed by atoms with E-state index in [0.717, 1.165) is 28.4 Å². The molecule has 0 spiro atoms. The lowest BCUT2D eigenvalue weighted by Crippen LogP contribution is -2.46. The summed E-state index contributed by atoms with van der Waals surface area (Å²) in [5, 5.41) is 3.66. The Labute approximate surface area is 126 Å². The van der Waals surface area contributed by atoms with Crippen molar-refractivity contribution in [1.82, 2.24) is 5.32 Å². The van der Waals surface area contributed by atoms with Crippen LogP contribution in [-0.2, 0) is 4.74 Å². The van der Waals surface area contributed by atoms with E-state index < -0.39 is 0 Å². The molecule has 0 aliphatic heterocycles. The molecule has 2 nitrogen and oxygen atoms in total. The summed E-state index contributed by atoms with van der Waals surface area (Å²) in [5.41, 5.74) is 1.30. The van der Waals surface area contributed by atoms with E-state index in [1.165, 1.54) is 5.56 Å². The van der Waals surface area contributed by atoms with Gasteiger partial charge in [-0.15, -0.1) is 0 Å². The van der Waals surface area contributed by atoms with Crippen molar-refractivity contribution in [2.45, 2.75) is 44.9 Å². The molecule has 4 heteroatoms. The molecular formula is C14H19Br2NO. The van der Waals surface area contributed by atoms with Gasteiger partial charge in [0.05, 0.1) is 6.10 Å². The van der Waals surface area contributed by atoms with E-state index in [1.807, 2.05) is 0 Å². The summed E-state index contributed by atoms with van der Waals surface area (Å²) in [5.74, 6) is 0. The molecule has 1 aliphatic rings. The highest BCUT2D eigenvalue weighted by atomic mass is 79.9. The second kappa shape index (κ2) is 6.51. The third kappa shape index (κ3) is 3.56. The number of hydrogen-bond donors (Lipinski definition) is 1. The van der Waals surface area contributed by atoms with Crippen molar-refractivity contribution in [3.8, 4) is 0 Å². The first kappa shape index (κ1) is 14.5. The molecule has 1 N–H and O–H groups in total. The lowest BCUT2D eigenvalue weighted by Gasteiger charge is -2.37. The van der Waals surface area contributed by atoms with E-state index >= 15 is 0 Å². The molecule has 0 amide bonds. The minimum atomic E-state index is 0.361. The average Bonchev–Trinajstić information content (AvgIpc) is 2.26. The van der Waals surface area contributed by atoms with Crippen molar-refractivity contribution in [2.75, 3.05) is 6.61 Å². The van der Waals surface area contributed by atoms with Crippen LogP contribution >= 0.6 is 31.9 Å². The van der Waals surface area contributed by atoms with Crippen molar-refractivity contribution in [3.63, 3.8) is 0 Å². The van der Waals surface area contributed by atoms with E-state index in [-0.39, 0.29) is 0 Å². The third-order valence-electron chi connectivity index (χ3n) is 3.41. The first-order valence-electron chi connectivity index (χ1n) is 6.42. The van der Waals surface area contributed by atoms with Crippen molar-refractivity contribution >= 4 is 31.9 Å². The molecule has 0 heterocycles. The van der Waals surface area contributed by atoms with Gasteiger partial charge in [0.1, 0.15) is 0 Å². The largest absolute Gasteiger partial charge is 0.378 e. The van der Waals surface area contributed by atoms with Gasteiger partial charge in [0, 0.05) is 27.6 Å². The topological polar surface area (TPSA) is 21.3 Å². The smallest absolute Gasteiger partial charge is 0.0604 e. The van der Waals surface area contributed by atoms with Crippen molar-refractivity contribution in [3.05, 3.63) is 32.7 Å². The van der Waals surface area contributed by atoms with Crippen LogP contribution in [0, 0.1) is 0 Å². The van der Waals surface area contributed by atoms with Gasteiger partial charge in [-0.3, -0.25) is 0 Å². The number of benzene rings is 1. The van der Waals surface area contributed by atoms with Crippen LogP contribution in [0.4, 0.5) is 0 Å². The van der Waals surface area contributed by atoms with Crippen LogP contribution in [0.5, 0.6) is 0 Å². The first-order chi connectivity index (χ1) is 8.60. The van der Waals surface area contributed by atoms with Crippen LogP contribution in [0.3, 0.4) is 0 Å². The summed E-state index contributed by atoms with van der Waals surface area (Å²) >= 11 is 7.10. The molecule has 1 aromatic rings. The molecular weight excluding hydrogens is 358 g/mol. The van der Waals surface area contributed by atoms with Gasteiger partial charge in [-0.1, -0.05) is 37.9 Å². The molecule has 0 radical (unpaired) electrons. The Morgan fingerprint density at radius 3 is 2.72 bits per heavy atom. The highest BCUT2D eigenvalue weighted by Crippen LogP contribution is 2.30. The Morgan fingerprint density at radius 1 is 1.39 bits per heavy atom. The van der Waals surface area contributed by atoms with Gasteiger partial charge in [0.15, 0.2) is 0 Å². The Bertz CT molecular complexity index is 405. The standard InChI is InChI=1S/C14H19Br2NO/c1-3-18-12-7-11(8-12)17-9(2)13-5-4-10(15)6-14(13)16/h4-6,9,11-12,17H,3,7-8H2,1-2H3. The summed E-state index contributed by atoms with van der Waals surface area (Å²) < 4.78 is 7.83. The second-order valence-electron chi connectivity index (χ2n) is 4.80. The van der Waals surface area contributed by atoms with Crippen LogP contribution in [0.2, 0.25) is 0 Å². The maximum atomic E-state index is 5.58. The van der Waals surface area contributed by atoms with Gasteiger partial charge < -0.3 is 10.1 Å². The summed E-state index contributed by atoms with van der Waals surface area (Å²) in [7, 11) is 0. The van der Waals surface area contributed by atoms with E-state index in [1.54, 1.807) is 0 Å². The fourth-order valence-electron chi connectivity index (χ4n) is 2.37. The zero-order chi connectivity index (χ0) is 13.1. The molecule has 0 aromatic heterocycles. The van der Waals surface area contributed by atoms with Crippen molar-refractivity contribution < 1.29 is 4.74 Å². The average molecular weight is 377 g/mol. The lowest BCUT2D eigenvalue weighted by molar-refractivity contribution is -0.0120. The normalized spacial score (nSPS) is 24.7. The maximum absolute atomic E-state index is 5.58. The van der Waals surface area contributed by atoms with Crippen LogP contribution in [0.1, 0.15) is 38.3 Å². The Balaban J connectivity index is 1.87. The van der Waals surface area contributed by atoms with Gasteiger partial charge in [-0.25, -0.2) is 0 Å². The number of hydrogen-bond acceptors (Lipinski definition) is 2. The Hall–Kier alpha value is 0.1000. The minimum absolute atomic E-state index is 0.361. The molecule has 1 aromatic carbocycles. The van der Waals surface area contributed by atoms with Crippen molar-refractivity contribution in [1.29, 1.82) is 0 Å². The van der Waals surface area contributed by atoms with E-state index in [9.17, 15) is 0 Å². The molecule has 1 unspecified atom stereocenters. The lowest BCUT2D eigenvalue weighted by atomic mass is 9.88. The molecule has 0 saturated heterocycles. The molecule has 1 saturated carbocycles. The second-order valence-corrected chi connectivity index (χ2v) is 6.57. The number of halogens is 2. The molecule has 18 heavy (non-hydrogen) atoms. The van der Waals surface area contributed by atoms with Gasteiger partial charge >= 0.3 is 0 Å². The van der Waals surface area contributed by atoms with E-state index in [2.05, 4.69) is 69.2 Å². The molecule has 1 aliphatic carbocycles. The molecule has 0 bridgehead atoms. The van der Waals surface area contributed by atoms with Gasteiger partial charge in [-0.2, -0.15) is 0 Å². The van der Waals surface area contributed by atoms with Gasteiger partial charge in [0.25, 0.3) is 0 Å². The minimum Gasteiger partial charge on any atom is -0.378 e. The van der Waals surface area contributed by atoms with Crippen LogP contribution in [-0.4, -0.2) is 18.8 Å². The van der Waals surface area contributed by atoms with Gasteiger partial charge in [-0.05, 0) is 44.4 Å². The third-order valence-corrected chi connectivity index (χ3v) is 4.59.